The van der Waals surface area contributed by atoms with Crippen LogP contribution in [0.1, 0.15) is 19.4 Å². The number of guanidine groups is 1. The zero-order valence-electron chi connectivity index (χ0n) is 12.2. The average Bonchev–Trinajstić information content (AvgIpc) is 2.32. The van der Waals surface area contributed by atoms with E-state index in [1.165, 1.54) is 0 Å². The Bertz CT molecular complexity index is 538. The van der Waals surface area contributed by atoms with Gasteiger partial charge in [-0.3, -0.25) is 4.79 Å². The first-order valence-electron chi connectivity index (χ1n) is 6.15. The van der Waals surface area contributed by atoms with Crippen molar-refractivity contribution in [2.75, 3.05) is 0 Å². The number of halogens is 2. The van der Waals surface area contributed by atoms with Crippen molar-refractivity contribution < 1.29 is 14.3 Å². The monoisotopic (exact) mass is 348 g/mol. The van der Waals surface area contributed by atoms with Crippen LogP contribution in [0, 0.1) is 0 Å². The molecule has 0 atom stereocenters. The first-order chi connectivity index (χ1) is 10.1. The number of hydrogen-bond acceptors (Lipinski definition) is 3. The van der Waals surface area contributed by atoms with E-state index in [9.17, 15) is 9.59 Å². The highest BCUT2D eigenvalue weighted by Gasteiger charge is 2.09. The minimum absolute atomic E-state index is 0.0175. The Morgan fingerprint density at radius 3 is 2.00 bits per heavy atom. The summed E-state index contributed by atoms with van der Waals surface area (Å²) in [4.78, 5) is 24.4. The molecule has 7 nitrogen and oxygen atoms in total. The van der Waals surface area contributed by atoms with Gasteiger partial charge in [-0.15, -0.1) is 0 Å². The summed E-state index contributed by atoms with van der Waals surface area (Å²) in [5.41, 5.74) is 15.3. The van der Waals surface area contributed by atoms with Crippen LogP contribution in [-0.2, 0) is 16.0 Å². The number of amides is 2. The number of nitrogens with zero attached hydrogens (tertiary/aromatic N) is 1. The Kier molecular flexibility index (Phi) is 8.97. The van der Waals surface area contributed by atoms with E-state index in [-0.39, 0.29) is 18.5 Å². The fourth-order valence-electron chi connectivity index (χ4n) is 1.27. The maximum atomic E-state index is 11.3. The van der Waals surface area contributed by atoms with Gasteiger partial charge < -0.3 is 21.9 Å². The minimum atomic E-state index is -0.713. The van der Waals surface area contributed by atoms with Gasteiger partial charge in [0.1, 0.15) is 0 Å². The van der Waals surface area contributed by atoms with Crippen LogP contribution in [-0.4, -0.2) is 24.1 Å². The van der Waals surface area contributed by atoms with E-state index in [2.05, 4.69) is 15.5 Å². The van der Waals surface area contributed by atoms with E-state index in [1.54, 1.807) is 32.0 Å². The molecule has 6 N–H and O–H groups in total. The van der Waals surface area contributed by atoms with Crippen molar-refractivity contribution in [3.8, 4) is 0 Å². The molecule has 0 aliphatic carbocycles. The Labute approximate surface area is 138 Å². The van der Waals surface area contributed by atoms with Crippen molar-refractivity contribution in [2.45, 2.75) is 26.4 Å². The predicted octanol–water partition coefficient (Wildman–Crippen LogP) is 1.83. The lowest BCUT2D eigenvalue weighted by Crippen LogP contribution is -2.24. The Balaban J connectivity index is 0.000000534. The molecule has 1 aromatic rings. The van der Waals surface area contributed by atoms with E-state index in [0.717, 1.165) is 0 Å². The van der Waals surface area contributed by atoms with Crippen LogP contribution in [0.5, 0.6) is 0 Å². The first kappa shape index (κ1) is 20.0. The predicted molar refractivity (Wildman–Crippen MR) is 86.8 cm³/mol. The number of primary amides is 1. The van der Waals surface area contributed by atoms with Gasteiger partial charge in [0.2, 0.25) is 0 Å². The van der Waals surface area contributed by atoms with Gasteiger partial charge in [-0.25, -0.2) is 4.79 Å². The summed E-state index contributed by atoms with van der Waals surface area (Å²) >= 11 is 11.7. The summed E-state index contributed by atoms with van der Waals surface area (Å²) < 4.78 is 4.39. The molecule has 0 fully saturated rings. The number of benzene rings is 1. The number of ether oxygens (including phenoxy) is 1. The third-order valence-electron chi connectivity index (χ3n) is 2.00. The highest BCUT2D eigenvalue weighted by atomic mass is 35.5. The standard InChI is InChI=1S/C9H9Cl2N3O.C4H9NO2/c10-6-2-1-3-7(11)5(6)4-8(15)14-9(12)13;1-3(2)7-4(5)6/h1-3H,4H2,(H4,12,13,14,15);3H,1-2H3,(H2,5,6). The van der Waals surface area contributed by atoms with E-state index < -0.39 is 12.0 Å². The lowest BCUT2D eigenvalue weighted by Gasteiger charge is -2.03. The molecule has 9 heteroatoms. The third-order valence-corrected chi connectivity index (χ3v) is 2.70. The van der Waals surface area contributed by atoms with E-state index >= 15 is 0 Å². The molecule has 0 unspecified atom stereocenters. The van der Waals surface area contributed by atoms with Crippen molar-refractivity contribution >= 4 is 41.2 Å². The molecule has 22 heavy (non-hydrogen) atoms. The molecule has 0 saturated carbocycles. The number of carbonyl (C=O) groups excluding carboxylic acids is 2. The van der Waals surface area contributed by atoms with E-state index in [1.807, 2.05) is 0 Å². The SMILES string of the molecule is CC(C)OC(N)=O.NC(N)=NC(=O)Cc1c(Cl)cccc1Cl. The summed E-state index contributed by atoms with van der Waals surface area (Å²) in [6.45, 7) is 3.48. The molecule has 2 amide bonds. The largest absolute Gasteiger partial charge is 0.447 e. The van der Waals surface area contributed by atoms with Crippen molar-refractivity contribution in [3.05, 3.63) is 33.8 Å². The summed E-state index contributed by atoms with van der Waals surface area (Å²) in [6.07, 6.45) is -0.830. The van der Waals surface area contributed by atoms with Gasteiger partial charge in [-0.1, -0.05) is 29.3 Å². The van der Waals surface area contributed by atoms with Crippen molar-refractivity contribution in [1.29, 1.82) is 0 Å². The smallest absolute Gasteiger partial charge is 0.404 e. The summed E-state index contributed by atoms with van der Waals surface area (Å²) in [5, 5.41) is 0.836. The topological polar surface area (TPSA) is 134 Å². The normalized spacial score (nSPS) is 9.50. The second kappa shape index (κ2) is 9.86. The lowest BCUT2D eigenvalue weighted by molar-refractivity contribution is -0.117. The lowest BCUT2D eigenvalue weighted by atomic mass is 10.1. The van der Waals surface area contributed by atoms with Crippen LogP contribution in [0.2, 0.25) is 10.0 Å². The van der Waals surface area contributed by atoms with E-state index in [0.29, 0.717) is 15.6 Å². The van der Waals surface area contributed by atoms with Crippen LogP contribution < -0.4 is 17.2 Å². The van der Waals surface area contributed by atoms with Gasteiger partial charge in [0.25, 0.3) is 5.91 Å². The second-order valence-corrected chi connectivity index (χ2v) is 5.11. The molecule has 122 valence electrons. The van der Waals surface area contributed by atoms with E-state index in [4.69, 9.17) is 34.7 Å². The molecule has 0 saturated heterocycles. The number of aliphatic imine (C=N–C) groups is 1. The first-order valence-corrected chi connectivity index (χ1v) is 6.90. The molecule has 0 radical (unpaired) electrons. The Morgan fingerprint density at radius 1 is 1.18 bits per heavy atom. The highest BCUT2D eigenvalue weighted by Crippen LogP contribution is 2.24. The number of nitrogens with two attached hydrogens (primary N) is 3. The molecular weight excluding hydrogens is 331 g/mol. The maximum absolute atomic E-state index is 11.3. The van der Waals surface area contributed by atoms with Crippen molar-refractivity contribution in [2.24, 2.45) is 22.2 Å². The van der Waals surface area contributed by atoms with Crippen molar-refractivity contribution in [3.63, 3.8) is 0 Å². The maximum Gasteiger partial charge on any atom is 0.404 e. The van der Waals surface area contributed by atoms with Gasteiger partial charge in [0.15, 0.2) is 5.96 Å². The second-order valence-electron chi connectivity index (χ2n) is 4.29. The number of rotatable bonds is 3. The molecule has 1 rings (SSSR count). The highest BCUT2D eigenvalue weighted by molar-refractivity contribution is 6.36. The van der Waals surface area contributed by atoms with Crippen LogP contribution in [0.25, 0.3) is 0 Å². The van der Waals surface area contributed by atoms with Crippen LogP contribution in [0.15, 0.2) is 23.2 Å². The van der Waals surface area contributed by atoms with Crippen LogP contribution in [0.4, 0.5) is 4.79 Å². The molecule has 0 bridgehead atoms. The van der Waals surface area contributed by atoms with Crippen molar-refractivity contribution in [1.82, 2.24) is 0 Å². The van der Waals surface area contributed by atoms with Gasteiger partial charge in [-0.2, -0.15) is 4.99 Å². The zero-order valence-corrected chi connectivity index (χ0v) is 13.7. The summed E-state index contributed by atoms with van der Waals surface area (Å²) in [6, 6.07) is 4.98. The minimum Gasteiger partial charge on any atom is -0.447 e. The van der Waals surface area contributed by atoms with Crippen LogP contribution in [0.3, 0.4) is 0 Å². The Morgan fingerprint density at radius 2 is 1.68 bits per heavy atom. The summed E-state index contributed by atoms with van der Waals surface area (Å²) in [7, 11) is 0. The molecular formula is C13H18Cl2N4O3. The zero-order chi connectivity index (χ0) is 17.3. The number of hydrogen-bond donors (Lipinski definition) is 3. The quantitative estimate of drug-likeness (QED) is 0.565. The van der Waals surface area contributed by atoms with Crippen LogP contribution >= 0.6 is 23.2 Å². The average molecular weight is 349 g/mol. The molecule has 0 aliphatic heterocycles. The molecule has 0 spiro atoms. The third kappa shape index (κ3) is 9.04. The van der Waals surface area contributed by atoms with Gasteiger partial charge in [-0.05, 0) is 31.5 Å². The molecule has 0 heterocycles. The molecule has 0 aromatic heterocycles. The van der Waals surface area contributed by atoms with Gasteiger partial charge in [0, 0.05) is 10.0 Å². The summed E-state index contributed by atoms with van der Waals surface area (Å²) in [5.74, 6) is -0.756. The van der Waals surface area contributed by atoms with Gasteiger partial charge >= 0.3 is 6.09 Å². The molecule has 1 aromatic carbocycles. The van der Waals surface area contributed by atoms with Gasteiger partial charge in [0.05, 0.1) is 12.5 Å². The molecule has 0 aliphatic rings. The fraction of sp³-hybridized carbons (Fsp3) is 0.308. The fourth-order valence-corrected chi connectivity index (χ4v) is 1.80. The Hall–Kier alpha value is -1.99. The number of carbonyl (C=O) groups is 2.